The van der Waals surface area contributed by atoms with E-state index < -0.39 is 12.6 Å². The SMILES string of the molecule is CC(C)N(CC(=O)O)CC(=O)N(C)Cc1ccc(OC(F)F)cc1. The second-order valence-corrected chi connectivity index (χ2v) is 5.66. The number of hydrogen-bond acceptors (Lipinski definition) is 4. The molecule has 0 fully saturated rings. The summed E-state index contributed by atoms with van der Waals surface area (Å²) in [5.74, 6) is -1.17. The van der Waals surface area contributed by atoms with Crippen LogP contribution in [-0.2, 0) is 16.1 Å². The Morgan fingerprint density at radius 1 is 1.17 bits per heavy atom. The third-order valence-electron chi connectivity index (χ3n) is 3.40. The Bertz CT molecular complexity index is 550. The molecule has 8 heteroatoms. The van der Waals surface area contributed by atoms with Crippen LogP contribution >= 0.6 is 0 Å². The van der Waals surface area contributed by atoms with Crippen molar-refractivity contribution in [2.24, 2.45) is 0 Å². The average Bonchev–Trinajstić information content (AvgIpc) is 2.47. The van der Waals surface area contributed by atoms with Gasteiger partial charge >= 0.3 is 12.6 Å². The smallest absolute Gasteiger partial charge is 0.387 e. The minimum Gasteiger partial charge on any atom is -0.480 e. The van der Waals surface area contributed by atoms with E-state index >= 15 is 0 Å². The molecule has 0 aliphatic carbocycles. The first-order chi connectivity index (χ1) is 11.2. The molecule has 0 atom stereocenters. The maximum atomic E-state index is 12.2. The van der Waals surface area contributed by atoms with E-state index in [1.165, 1.54) is 17.0 Å². The van der Waals surface area contributed by atoms with Gasteiger partial charge in [0.2, 0.25) is 5.91 Å². The number of carboxylic acids is 1. The number of carbonyl (C=O) groups excluding carboxylic acids is 1. The van der Waals surface area contributed by atoms with Gasteiger partial charge in [-0.05, 0) is 31.5 Å². The van der Waals surface area contributed by atoms with Gasteiger partial charge < -0.3 is 14.7 Å². The van der Waals surface area contributed by atoms with Crippen molar-refractivity contribution in [3.8, 4) is 5.75 Å². The summed E-state index contributed by atoms with van der Waals surface area (Å²) in [4.78, 5) is 26.1. The van der Waals surface area contributed by atoms with Crippen molar-refractivity contribution in [1.29, 1.82) is 0 Å². The van der Waals surface area contributed by atoms with Gasteiger partial charge in [0.1, 0.15) is 5.75 Å². The fourth-order valence-electron chi connectivity index (χ4n) is 2.03. The van der Waals surface area contributed by atoms with E-state index in [0.717, 1.165) is 5.56 Å². The Morgan fingerprint density at radius 3 is 2.21 bits per heavy atom. The monoisotopic (exact) mass is 344 g/mol. The molecule has 1 aromatic carbocycles. The summed E-state index contributed by atoms with van der Waals surface area (Å²) in [6, 6.07) is 5.93. The van der Waals surface area contributed by atoms with Crippen LogP contribution in [0.4, 0.5) is 8.78 Å². The van der Waals surface area contributed by atoms with Gasteiger partial charge in [0.15, 0.2) is 0 Å². The summed E-state index contributed by atoms with van der Waals surface area (Å²) >= 11 is 0. The van der Waals surface area contributed by atoms with Gasteiger partial charge in [-0.3, -0.25) is 14.5 Å². The van der Waals surface area contributed by atoms with Crippen molar-refractivity contribution in [2.45, 2.75) is 33.0 Å². The minimum atomic E-state index is -2.88. The number of rotatable bonds is 9. The first-order valence-corrected chi connectivity index (χ1v) is 7.42. The average molecular weight is 344 g/mol. The van der Waals surface area contributed by atoms with Gasteiger partial charge in [0.05, 0.1) is 13.1 Å². The van der Waals surface area contributed by atoms with Crippen molar-refractivity contribution >= 4 is 11.9 Å². The number of ether oxygens (including phenoxy) is 1. The van der Waals surface area contributed by atoms with Crippen molar-refractivity contribution in [3.05, 3.63) is 29.8 Å². The highest BCUT2D eigenvalue weighted by atomic mass is 19.3. The molecule has 6 nitrogen and oxygen atoms in total. The number of benzene rings is 1. The molecule has 1 rings (SSSR count). The molecule has 0 saturated carbocycles. The van der Waals surface area contributed by atoms with Crippen molar-refractivity contribution in [3.63, 3.8) is 0 Å². The highest BCUT2D eigenvalue weighted by molar-refractivity contribution is 5.79. The third kappa shape index (κ3) is 6.91. The molecule has 0 aliphatic heterocycles. The molecule has 134 valence electrons. The lowest BCUT2D eigenvalue weighted by molar-refractivity contribution is -0.140. The Balaban J connectivity index is 2.60. The van der Waals surface area contributed by atoms with Crippen LogP contribution in [0.5, 0.6) is 5.75 Å². The van der Waals surface area contributed by atoms with Crippen LogP contribution in [0.15, 0.2) is 24.3 Å². The highest BCUT2D eigenvalue weighted by Gasteiger charge is 2.19. The van der Waals surface area contributed by atoms with Crippen molar-refractivity contribution < 1.29 is 28.2 Å². The van der Waals surface area contributed by atoms with E-state index in [9.17, 15) is 18.4 Å². The normalized spacial score (nSPS) is 11.2. The zero-order valence-electron chi connectivity index (χ0n) is 13.9. The molecule has 0 aliphatic rings. The largest absolute Gasteiger partial charge is 0.480 e. The number of carboxylic acid groups (broad SMARTS) is 1. The van der Waals surface area contributed by atoms with Crippen LogP contribution in [0.25, 0.3) is 0 Å². The van der Waals surface area contributed by atoms with Crippen LogP contribution in [-0.4, -0.2) is 59.6 Å². The fraction of sp³-hybridized carbons (Fsp3) is 0.500. The van der Waals surface area contributed by atoms with Crippen LogP contribution in [0.1, 0.15) is 19.4 Å². The molecule has 1 N–H and O–H groups in total. The predicted octanol–water partition coefficient (Wildman–Crippen LogP) is 2.04. The van der Waals surface area contributed by atoms with Gasteiger partial charge in [0, 0.05) is 19.6 Å². The molecule has 0 radical (unpaired) electrons. The molecule has 1 aromatic rings. The van der Waals surface area contributed by atoms with Crippen molar-refractivity contribution in [1.82, 2.24) is 9.80 Å². The second kappa shape index (κ2) is 9.17. The molecule has 0 aromatic heterocycles. The topological polar surface area (TPSA) is 70.1 Å². The van der Waals surface area contributed by atoms with Gasteiger partial charge in [-0.25, -0.2) is 0 Å². The maximum absolute atomic E-state index is 12.2. The number of nitrogens with zero attached hydrogens (tertiary/aromatic N) is 2. The summed E-state index contributed by atoms with van der Waals surface area (Å²) < 4.78 is 28.4. The minimum absolute atomic E-state index is 0.00690. The molecule has 0 unspecified atom stereocenters. The standard InChI is InChI=1S/C16H22F2N2O4/c1-11(2)20(10-15(22)23)9-14(21)19(3)8-12-4-6-13(7-5-12)24-16(17)18/h4-7,11,16H,8-10H2,1-3H3,(H,22,23). The Labute approximate surface area is 139 Å². The zero-order valence-corrected chi connectivity index (χ0v) is 13.9. The number of likely N-dealkylation sites (N-methyl/N-ethyl adjacent to an activating group) is 1. The van der Waals surface area contributed by atoms with Gasteiger partial charge in [-0.2, -0.15) is 8.78 Å². The summed E-state index contributed by atoms with van der Waals surface area (Å²) in [6.07, 6.45) is 0. The summed E-state index contributed by atoms with van der Waals surface area (Å²) in [5.41, 5.74) is 0.752. The molecule has 0 saturated heterocycles. The van der Waals surface area contributed by atoms with Gasteiger partial charge in [-0.15, -0.1) is 0 Å². The maximum Gasteiger partial charge on any atom is 0.387 e. The lowest BCUT2D eigenvalue weighted by atomic mass is 10.2. The highest BCUT2D eigenvalue weighted by Crippen LogP contribution is 2.16. The van der Waals surface area contributed by atoms with Gasteiger partial charge in [0.25, 0.3) is 0 Å². The molecule has 0 spiro atoms. The van der Waals surface area contributed by atoms with E-state index in [2.05, 4.69) is 4.74 Å². The molecule has 0 heterocycles. The van der Waals surface area contributed by atoms with Crippen LogP contribution in [0.2, 0.25) is 0 Å². The van der Waals surface area contributed by atoms with Crippen molar-refractivity contribution in [2.75, 3.05) is 20.1 Å². The molecule has 24 heavy (non-hydrogen) atoms. The Hall–Kier alpha value is -2.22. The first-order valence-electron chi connectivity index (χ1n) is 7.42. The third-order valence-corrected chi connectivity index (χ3v) is 3.40. The lowest BCUT2D eigenvalue weighted by Crippen LogP contribution is -2.43. The Morgan fingerprint density at radius 2 is 1.75 bits per heavy atom. The number of hydrogen-bond donors (Lipinski definition) is 1. The number of halogens is 2. The number of alkyl halides is 2. The number of carbonyl (C=O) groups is 2. The molecular weight excluding hydrogens is 322 g/mol. The number of aliphatic carboxylic acids is 1. The number of amides is 1. The first kappa shape index (κ1) is 19.8. The predicted molar refractivity (Wildman–Crippen MR) is 83.9 cm³/mol. The van der Waals surface area contributed by atoms with E-state index in [0.29, 0.717) is 0 Å². The van der Waals surface area contributed by atoms with Crippen LogP contribution in [0.3, 0.4) is 0 Å². The Kier molecular flexibility index (Phi) is 7.57. The van der Waals surface area contributed by atoms with Gasteiger partial charge in [-0.1, -0.05) is 12.1 Å². The zero-order chi connectivity index (χ0) is 18.3. The fourth-order valence-corrected chi connectivity index (χ4v) is 2.03. The van der Waals surface area contributed by atoms with Crippen LogP contribution < -0.4 is 4.74 Å². The van der Waals surface area contributed by atoms with E-state index in [4.69, 9.17) is 5.11 Å². The van der Waals surface area contributed by atoms with E-state index in [1.807, 2.05) is 13.8 Å². The quantitative estimate of drug-likeness (QED) is 0.742. The molecule has 1 amide bonds. The second-order valence-electron chi connectivity index (χ2n) is 5.66. The van der Waals surface area contributed by atoms with E-state index in [-0.39, 0.29) is 37.3 Å². The van der Waals surface area contributed by atoms with Crippen LogP contribution in [0, 0.1) is 0 Å². The lowest BCUT2D eigenvalue weighted by Gasteiger charge is -2.26. The van der Waals surface area contributed by atoms with E-state index in [1.54, 1.807) is 24.1 Å². The summed E-state index contributed by atoms with van der Waals surface area (Å²) in [7, 11) is 1.60. The summed E-state index contributed by atoms with van der Waals surface area (Å²) in [6.45, 7) is 0.823. The summed E-state index contributed by atoms with van der Waals surface area (Å²) in [5, 5.41) is 8.88. The molecular formula is C16H22F2N2O4. The molecule has 0 bridgehead atoms.